The van der Waals surface area contributed by atoms with Gasteiger partial charge in [-0.3, -0.25) is 4.79 Å². The number of methoxy groups -OCH3 is 1. The van der Waals surface area contributed by atoms with Gasteiger partial charge in [-0.1, -0.05) is 24.3 Å². The van der Waals surface area contributed by atoms with Gasteiger partial charge in [-0.15, -0.1) is 0 Å². The fraction of sp³-hybridized carbons (Fsp3) is 0.318. The van der Waals surface area contributed by atoms with Crippen molar-refractivity contribution < 1.29 is 9.84 Å². The van der Waals surface area contributed by atoms with E-state index in [-0.39, 0.29) is 11.6 Å². The number of nitrogens with one attached hydrogen (secondary N) is 2. The number of aromatic nitrogens is 1. The van der Waals surface area contributed by atoms with Crippen molar-refractivity contribution in [2.24, 2.45) is 0 Å². The van der Waals surface area contributed by atoms with Crippen LogP contribution in [0, 0.1) is 0 Å². The standard InChI is InChI=1S/C22H26N2O3/c1-15(6-7-16-8-10-17(27-2)11-9-16)23-14-21(25)19-4-3-5-20-18(19)12-13-22(26)24-20/h3-5,8-13,15,21,23,25H,6-7,14H2,1-2H3,(H,24,26)/t15-,21+/m1/s1. The molecule has 0 aliphatic heterocycles. The molecule has 142 valence electrons. The zero-order valence-electron chi connectivity index (χ0n) is 15.7. The van der Waals surface area contributed by atoms with Crippen LogP contribution in [0.15, 0.2) is 59.4 Å². The average Bonchev–Trinajstić information content (AvgIpc) is 2.70. The first kappa shape index (κ1) is 19.1. The molecule has 5 heteroatoms. The Morgan fingerprint density at radius 1 is 1.11 bits per heavy atom. The molecule has 5 nitrogen and oxygen atoms in total. The fourth-order valence-corrected chi connectivity index (χ4v) is 3.20. The first-order valence-electron chi connectivity index (χ1n) is 9.23. The number of hydrogen-bond acceptors (Lipinski definition) is 4. The molecular formula is C22H26N2O3. The van der Waals surface area contributed by atoms with E-state index in [4.69, 9.17) is 4.74 Å². The van der Waals surface area contributed by atoms with Crippen LogP contribution >= 0.6 is 0 Å². The summed E-state index contributed by atoms with van der Waals surface area (Å²) in [6.07, 6.45) is 1.30. The maximum Gasteiger partial charge on any atom is 0.248 e. The number of hydrogen-bond donors (Lipinski definition) is 3. The van der Waals surface area contributed by atoms with Crippen LogP contribution in [0.25, 0.3) is 10.9 Å². The largest absolute Gasteiger partial charge is 0.497 e. The number of aromatic amines is 1. The number of rotatable bonds is 8. The Labute approximate surface area is 159 Å². The summed E-state index contributed by atoms with van der Waals surface area (Å²) in [7, 11) is 1.67. The van der Waals surface area contributed by atoms with Crippen LogP contribution in [0.5, 0.6) is 5.75 Å². The lowest BCUT2D eigenvalue weighted by Gasteiger charge is -2.18. The highest BCUT2D eigenvalue weighted by molar-refractivity contribution is 5.82. The van der Waals surface area contributed by atoms with Crippen LogP contribution < -0.4 is 15.6 Å². The van der Waals surface area contributed by atoms with E-state index in [2.05, 4.69) is 29.4 Å². The predicted molar refractivity (Wildman–Crippen MR) is 108 cm³/mol. The predicted octanol–water partition coefficient (Wildman–Crippen LogP) is 3.18. The van der Waals surface area contributed by atoms with E-state index in [9.17, 15) is 9.90 Å². The molecule has 2 aromatic carbocycles. The third-order valence-corrected chi connectivity index (χ3v) is 4.84. The Hall–Kier alpha value is -2.63. The second-order valence-corrected chi connectivity index (χ2v) is 6.84. The van der Waals surface area contributed by atoms with Crippen molar-refractivity contribution in [3.8, 4) is 5.75 Å². The monoisotopic (exact) mass is 366 g/mol. The molecule has 0 fully saturated rings. The van der Waals surface area contributed by atoms with Gasteiger partial charge in [-0.2, -0.15) is 0 Å². The molecule has 1 aromatic heterocycles. The number of aliphatic hydroxyl groups excluding tert-OH is 1. The number of pyridine rings is 1. The Kier molecular flexibility index (Phi) is 6.27. The summed E-state index contributed by atoms with van der Waals surface area (Å²) in [6.45, 7) is 2.58. The lowest BCUT2D eigenvalue weighted by molar-refractivity contribution is 0.171. The summed E-state index contributed by atoms with van der Waals surface area (Å²) in [5, 5.41) is 14.9. The van der Waals surface area contributed by atoms with Crippen molar-refractivity contribution in [1.29, 1.82) is 0 Å². The lowest BCUT2D eigenvalue weighted by atomic mass is 10.0. The molecule has 1 heterocycles. The van der Waals surface area contributed by atoms with Gasteiger partial charge in [-0.05, 0) is 55.2 Å². The Morgan fingerprint density at radius 2 is 1.89 bits per heavy atom. The van der Waals surface area contributed by atoms with Gasteiger partial charge in [0, 0.05) is 29.6 Å². The van der Waals surface area contributed by atoms with Gasteiger partial charge in [0.15, 0.2) is 0 Å². The zero-order valence-corrected chi connectivity index (χ0v) is 15.7. The first-order valence-corrected chi connectivity index (χ1v) is 9.23. The van der Waals surface area contributed by atoms with Crippen LogP contribution in [-0.2, 0) is 6.42 Å². The maximum atomic E-state index is 11.5. The molecule has 0 radical (unpaired) electrons. The Balaban J connectivity index is 1.55. The Morgan fingerprint density at radius 3 is 2.63 bits per heavy atom. The summed E-state index contributed by atoms with van der Waals surface area (Å²) >= 11 is 0. The molecular weight excluding hydrogens is 340 g/mol. The SMILES string of the molecule is COc1ccc(CC[C@@H](C)NC[C@H](O)c2cccc3[nH]c(=O)ccc23)cc1. The van der Waals surface area contributed by atoms with Crippen molar-refractivity contribution >= 4 is 10.9 Å². The van der Waals surface area contributed by atoms with Crippen LogP contribution in [0.3, 0.4) is 0 Å². The second-order valence-electron chi connectivity index (χ2n) is 6.84. The number of ether oxygens (including phenoxy) is 1. The molecule has 27 heavy (non-hydrogen) atoms. The molecule has 3 rings (SSSR count). The van der Waals surface area contributed by atoms with Crippen molar-refractivity contribution in [1.82, 2.24) is 10.3 Å². The van der Waals surface area contributed by atoms with Crippen molar-refractivity contribution in [2.45, 2.75) is 31.9 Å². The molecule has 2 atom stereocenters. The van der Waals surface area contributed by atoms with Gasteiger partial charge in [-0.25, -0.2) is 0 Å². The highest BCUT2D eigenvalue weighted by Crippen LogP contribution is 2.22. The molecule has 0 saturated heterocycles. The topological polar surface area (TPSA) is 74.3 Å². The quantitative estimate of drug-likeness (QED) is 0.572. The summed E-state index contributed by atoms with van der Waals surface area (Å²) in [5.74, 6) is 0.865. The van der Waals surface area contributed by atoms with E-state index in [1.165, 1.54) is 11.6 Å². The number of fused-ring (bicyclic) bond motifs is 1. The number of aliphatic hydroxyl groups is 1. The average molecular weight is 366 g/mol. The highest BCUT2D eigenvalue weighted by Gasteiger charge is 2.13. The summed E-state index contributed by atoms with van der Waals surface area (Å²) < 4.78 is 5.18. The minimum Gasteiger partial charge on any atom is -0.497 e. The normalized spacial score (nSPS) is 13.4. The van der Waals surface area contributed by atoms with Crippen molar-refractivity contribution in [3.63, 3.8) is 0 Å². The second kappa shape index (κ2) is 8.84. The van der Waals surface area contributed by atoms with E-state index in [0.717, 1.165) is 35.1 Å². The van der Waals surface area contributed by atoms with Crippen LogP contribution in [0.2, 0.25) is 0 Å². The van der Waals surface area contributed by atoms with E-state index in [1.807, 2.05) is 30.3 Å². The third kappa shape index (κ3) is 4.96. The number of aryl methyl sites for hydroxylation is 1. The van der Waals surface area contributed by atoms with Crippen LogP contribution in [-0.4, -0.2) is 29.8 Å². The van der Waals surface area contributed by atoms with Crippen molar-refractivity contribution in [3.05, 3.63) is 76.1 Å². The molecule has 3 N–H and O–H groups in total. The maximum absolute atomic E-state index is 11.5. The van der Waals surface area contributed by atoms with Crippen LogP contribution in [0.4, 0.5) is 0 Å². The first-order chi connectivity index (χ1) is 13.1. The molecule has 0 aliphatic carbocycles. The zero-order chi connectivity index (χ0) is 19.2. The van der Waals surface area contributed by atoms with E-state index >= 15 is 0 Å². The smallest absolute Gasteiger partial charge is 0.248 e. The molecule has 0 bridgehead atoms. The summed E-state index contributed by atoms with van der Waals surface area (Å²) in [4.78, 5) is 14.3. The molecule has 0 saturated carbocycles. The van der Waals surface area contributed by atoms with Crippen LogP contribution in [0.1, 0.15) is 30.6 Å². The van der Waals surface area contributed by atoms with Gasteiger partial charge in [0.25, 0.3) is 0 Å². The molecule has 3 aromatic rings. The van der Waals surface area contributed by atoms with E-state index in [1.54, 1.807) is 13.2 Å². The Bertz CT molecular complexity index is 934. The molecule has 0 spiro atoms. The van der Waals surface area contributed by atoms with E-state index in [0.29, 0.717) is 6.54 Å². The van der Waals surface area contributed by atoms with Gasteiger partial charge < -0.3 is 20.1 Å². The van der Waals surface area contributed by atoms with Crippen molar-refractivity contribution in [2.75, 3.05) is 13.7 Å². The summed E-state index contributed by atoms with van der Waals surface area (Å²) in [5.41, 5.74) is 2.69. The minimum atomic E-state index is -0.636. The summed E-state index contributed by atoms with van der Waals surface area (Å²) in [6, 6.07) is 17.2. The van der Waals surface area contributed by atoms with E-state index < -0.39 is 6.10 Å². The molecule has 0 amide bonds. The molecule has 0 unspecified atom stereocenters. The fourth-order valence-electron chi connectivity index (χ4n) is 3.20. The third-order valence-electron chi connectivity index (χ3n) is 4.84. The van der Waals surface area contributed by atoms with Gasteiger partial charge in [0.1, 0.15) is 5.75 Å². The van der Waals surface area contributed by atoms with Gasteiger partial charge in [0.2, 0.25) is 5.56 Å². The number of H-pyrrole nitrogens is 1. The number of benzene rings is 2. The van der Waals surface area contributed by atoms with Gasteiger partial charge in [0.05, 0.1) is 13.2 Å². The van der Waals surface area contributed by atoms with Gasteiger partial charge >= 0.3 is 0 Å². The molecule has 0 aliphatic rings. The highest BCUT2D eigenvalue weighted by atomic mass is 16.5. The lowest BCUT2D eigenvalue weighted by Crippen LogP contribution is -2.30. The minimum absolute atomic E-state index is 0.139.